The van der Waals surface area contributed by atoms with E-state index >= 15 is 0 Å². The van der Waals surface area contributed by atoms with Crippen LogP contribution < -0.4 is 0 Å². The summed E-state index contributed by atoms with van der Waals surface area (Å²) in [5, 5.41) is 13.9. The number of carbonyl (C=O) groups is 2. The molecule has 2 aliphatic heterocycles. The van der Waals surface area contributed by atoms with E-state index < -0.39 is 11.5 Å². The molecule has 7 heteroatoms. The Morgan fingerprint density at radius 2 is 2.14 bits per heavy atom. The van der Waals surface area contributed by atoms with Crippen molar-refractivity contribution >= 4 is 11.9 Å². The number of amides is 1. The number of hydrogen-bond acceptors (Lipinski definition) is 4. The number of carboxylic acid groups (broad SMARTS) is 1. The molecule has 1 amide bonds. The first-order valence-electron chi connectivity index (χ1n) is 7.64. The number of likely N-dealkylation sites (tertiary alicyclic amines) is 1. The highest BCUT2D eigenvalue weighted by atomic mass is 16.5. The molecule has 1 aromatic rings. The van der Waals surface area contributed by atoms with Crippen LogP contribution in [0, 0.1) is 12.8 Å². The highest BCUT2D eigenvalue weighted by molar-refractivity contribution is 5.81. The highest BCUT2D eigenvalue weighted by Crippen LogP contribution is 2.31. The molecule has 0 unspecified atom stereocenters. The average Bonchev–Trinajstić information content (AvgIpc) is 3.18. The molecule has 0 aliphatic carbocycles. The second-order valence-electron chi connectivity index (χ2n) is 6.18. The summed E-state index contributed by atoms with van der Waals surface area (Å²) in [6.07, 6.45) is 4.94. The fourth-order valence-electron chi connectivity index (χ4n) is 3.27. The van der Waals surface area contributed by atoms with Gasteiger partial charge < -0.3 is 14.7 Å². The maximum atomic E-state index is 12.4. The number of aryl methyl sites for hydroxylation is 1. The van der Waals surface area contributed by atoms with Gasteiger partial charge in [-0.05, 0) is 18.9 Å². The number of hydrogen-bond donors (Lipinski definition) is 1. The normalized spacial score (nSPS) is 24.4. The van der Waals surface area contributed by atoms with Crippen molar-refractivity contribution in [3.8, 4) is 0 Å². The Morgan fingerprint density at radius 1 is 1.41 bits per heavy atom. The molecular weight excluding hydrogens is 286 g/mol. The lowest BCUT2D eigenvalue weighted by Gasteiger charge is -2.39. The van der Waals surface area contributed by atoms with E-state index in [2.05, 4.69) is 5.10 Å². The third-order valence-corrected chi connectivity index (χ3v) is 4.73. The maximum absolute atomic E-state index is 12.4. The summed E-state index contributed by atoms with van der Waals surface area (Å²) in [6, 6.07) is 0. The second kappa shape index (κ2) is 5.72. The fourth-order valence-corrected chi connectivity index (χ4v) is 3.27. The van der Waals surface area contributed by atoms with Crippen LogP contribution in [0.15, 0.2) is 12.4 Å². The van der Waals surface area contributed by atoms with Gasteiger partial charge in [-0.1, -0.05) is 0 Å². The minimum absolute atomic E-state index is 0.0655. The number of aliphatic carboxylic acids is 1. The lowest BCUT2D eigenvalue weighted by atomic mass is 9.87. The number of nitrogens with zero attached hydrogens (tertiary/aromatic N) is 3. The number of ether oxygens (including phenoxy) is 1. The molecule has 2 saturated heterocycles. The molecule has 1 N–H and O–H groups in total. The van der Waals surface area contributed by atoms with Gasteiger partial charge in [0, 0.05) is 38.7 Å². The standard InChI is InChI=1S/C15H21N3O4/c1-11-8-16-18(9-11)15(14(20)21)3-5-17(6-4-15)13(19)12-2-7-22-10-12/h8-9,12H,2-7,10H2,1H3,(H,20,21)/t12-/m1/s1. The molecule has 0 aromatic carbocycles. The smallest absolute Gasteiger partial charge is 0.331 e. The lowest BCUT2D eigenvalue weighted by Crippen LogP contribution is -2.53. The van der Waals surface area contributed by atoms with Crippen molar-refractivity contribution < 1.29 is 19.4 Å². The van der Waals surface area contributed by atoms with Crippen LogP contribution in [0.2, 0.25) is 0 Å². The van der Waals surface area contributed by atoms with Gasteiger partial charge in [0.15, 0.2) is 5.54 Å². The third-order valence-electron chi connectivity index (χ3n) is 4.73. The van der Waals surface area contributed by atoms with E-state index in [1.54, 1.807) is 22.0 Å². The highest BCUT2D eigenvalue weighted by Gasteiger charge is 2.45. The minimum Gasteiger partial charge on any atom is -0.479 e. The van der Waals surface area contributed by atoms with E-state index in [0.29, 0.717) is 39.1 Å². The molecule has 0 spiro atoms. The number of aromatic nitrogens is 2. The molecule has 1 atom stereocenters. The largest absolute Gasteiger partial charge is 0.479 e. The first-order valence-corrected chi connectivity index (χ1v) is 7.64. The topological polar surface area (TPSA) is 84.7 Å². The van der Waals surface area contributed by atoms with Crippen LogP contribution in [0.3, 0.4) is 0 Å². The summed E-state index contributed by atoms with van der Waals surface area (Å²) >= 11 is 0. The van der Waals surface area contributed by atoms with Crippen LogP contribution >= 0.6 is 0 Å². The summed E-state index contributed by atoms with van der Waals surface area (Å²) in [5.41, 5.74) is -0.112. The zero-order valence-electron chi connectivity index (χ0n) is 12.7. The third kappa shape index (κ3) is 2.49. The molecule has 0 saturated carbocycles. The zero-order valence-corrected chi connectivity index (χ0v) is 12.7. The minimum atomic E-state index is -1.04. The van der Waals surface area contributed by atoms with Gasteiger partial charge in [-0.25, -0.2) is 4.79 Å². The van der Waals surface area contributed by atoms with E-state index in [9.17, 15) is 14.7 Å². The molecule has 0 bridgehead atoms. The van der Waals surface area contributed by atoms with Crippen molar-refractivity contribution in [3.63, 3.8) is 0 Å². The van der Waals surface area contributed by atoms with Gasteiger partial charge in [0.1, 0.15) is 0 Å². The summed E-state index contributed by atoms with van der Waals surface area (Å²) < 4.78 is 6.81. The molecule has 120 valence electrons. The van der Waals surface area contributed by atoms with Crippen molar-refractivity contribution in [2.75, 3.05) is 26.3 Å². The summed E-state index contributed by atoms with van der Waals surface area (Å²) in [4.78, 5) is 26.0. The van der Waals surface area contributed by atoms with Gasteiger partial charge in [0.05, 0.1) is 18.7 Å². The van der Waals surface area contributed by atoms with Crippen LogP contribution in [0.4, 0.5) is 0 Å². The van der Waals surface area contributed by atoms with Crippen LogP contribution in [-0.4, -0.2) is 58.0 Å². The van der Waals surface area contributed by atoms with Gasteiger partial charge in [0.2, 0.25) is 5.91 Å². The monoisotopic (exact) mass is 307 g/mol. The number of rotatable bonds is 3. The molecule has 22 heavy (non-hydrogen) atoms. The molecular formula is C15H21N3O4. The van der Waals surface area contributed by atoms with E-state index in [0.717, 1.165) is 12.0 Å². The Balaban J connectivity index is 1.73. The number of carbonyl (C=O) groups excluding carboxylic acids is 1. The predicted octanol–water partition coefficient (Wildman–Crippen LogP) is 0.630. The Morgan fingerprint density at radius 3 is 2.64 bits per heavy atom. The SMILES string of the molecule is Cc1cnn(C2(C(=O)O)CCN(C(=O)[C@@H]3CCOC3)CC2)c1. The number of carboxylic acids is 1. The summed E-state index contributed by atoms with van der Waals surface area (Å²) in [5.74, 6) is -0.857. The van der Waals surface area contributed by atoms with E-state index in [1.165, 1.54) is 0 Å². The van der Waals surface area contributed by atoms with Gasteiger partial charge in [-0.3, -0.25) is 9.48 Å². The predicted molar refractivity (Wildman–Crippen MR) is 77.3 cm³/mol. The molecule has 0 radical (unpaired) electrons. The summed E-state index contributed by atoms with van der Waals surface area (Å²) in [6.45, 7) is 3.90. The second-order valence-corrected chi connectivity index (χ2v) is 6.18. The Hall–Kier alpha value is -1.89. The molecule has 2 aliphatic rings. The van der Waals surface area contributed by atoms with Crippen molar-refractivity contribution in [3.05, 3.63) is 18.0 Å². The first kappa shape index (κ1) is 15.0. The fraction of sp³-hybridized carbons (Fsp3) is 0.667. The lowest BCUT2D eigenvalue weighted by molar-refractivity contribution is -0.154. The van der Waals surface area contributed by atoms with Crippen molar-refractivity contribution in [1.82, 2.24) is 14.7 Å². The molecule has 7 nitrogen and oxygen atoms in total. The van der Waals surface area contributed by atoms with Crippen LogP contribution in [0.25, 0.3) is 0 Å². The Bertz CT molecular complexity index is 569. The van der Waals surface area contributed by atoms with E-state index in [-0.39, 0.29) is 11.8 Å². The molecule has 3 rings (SSSR count). The van der Waals surface area contributed by atoms with Crippen LogP contribution in [0.5, 0.6) is 0 Å². The van der Waals surface area contributed by atoms with Gasteiger partial charge in [-0.2, -0.15) is 5.10 Å². The van der Waals surface area contributed by atoms with Crippen LogP contribution in [0.1, 0.15) is 24.8 Å². The molecule has 2 fully saturated rings. The quantitative estimate of drug-likeness (QED) is 0.885. The Kier molecular flexibility index (Phi) is 3.90. The molecule has 1 aromatic heterocycles. The van der Waals surface area contributed by atoms with Gasteiger partial charge in [0.25, 0.3) is 0 Å². The molecule has 3 heterocycles. The van der Waals surface area contributed by atoms with E-state index in [1.807, 2.05) is 6.92 Å². The van der Waals surface area contributed by atoms with E-state index in [4.69, 9.17) is 4.74 Å². The van der Waals surface area contributed by atoms with Crippen LogP contribution in [-0.2, 0) is 19.9 Å². The van der Waals surface area contributed by atoms with Gasteiger partial charge >= 0.3 is 5.97 Å². The maximum Gasteiger partial charge on any atom is 0.331 e. The van der Waals surface area contributed by atoms with Crippen molar-refractivity contribution in [2.45, 2.75) is 31.7 Å². The number of piperidine rings is 1. The van der Waals surface area contributed by atoms with Crippen molar-refractivity contribution in [2.24, 2.45) is 5.92 Å². The Labute approximate surface area is 128 Å². The first-order chi connectivity index (χ1) is 10.5. The van der Waals surface area contributed by atoms with Gasteiger partial charge in [-0.15, -0.1) is 0 Å². The zero-order chi connectivity index (χ0) is 15.7. The summed E-state index contributed by atoms with van der Waals surface area (Å²) in [7, 11) is 0. The van der Waals surface area contributed by atoms with Crippen molar-refractivity contribution in [1.29, 1.82) is 0 Å². The average molecular weight is 307 g/mol.